The maximum absolute atomic E-state index is 15.5. The van der Waals surface area contributed by atoms with Gasteiger partial charge in [-0.05, 0) is 99.9 Å². The summed E-state index contributed by atoms with van der Waals surface area (Å²) >= 11 is 0. The third-order valence-electron chi connectivity index (χ3n) is 12.6. The molecule has 54 heavy (non-hydrogen) atoms. The van der Waals surface area contributed by atoms with Gasteiger partial charge in [-0.25, -0.2) is 22.0 Å². The van der Waals surface area contributed by atoms with Gasteiger partial charge in [0, 0.05) is 57.8 Å². The van der Waals surface area contributed by atoms with Gasteiger partial charge in [-0.15, -0.1) is 0 Å². The second-order valence-electron chi connectivity index (χ2n) is 15.6. The minimum absolute atomic E-state index is 0.0189. The third kappa shape index (κ3) is 6.82. The molecule has 1 N–H and O–H groups in total. The van der Waals surface area contributed by atoms with Crippen LogP contribution in [0, 0.1) is 52.1 Å². The maximum Gasteiger partial charge on any atom is 0.407 e. The van der Waals surface area contributed by atoms with Gasteiger partial charge in [-0.1, -0.05) is 24.5 Å². The summed E-state index contributed by atoms with van der Waals surface area (Å²) in [6, 6.07) is 13.3. The van der Waals surface area contributed by atoms with Gasteiger partial charge in [0.15, 0.2) is 9.84 Å². The van der Waals surface area contributed by atoms with Gasteiger partial charge in [0.05, 0.1) is 29.3 Å². The van der Waals surface area contributed by atoms with Crippen molar-refractivity contribution in [1.82, 2.24) is 20.0 Å². The largest absolute Gasteiger partial charge is 0.453 e. The Labute approximate surface area is 316 Å². The molecule has 1 aliphatic carbocycles. The summed E-state index contributed by atoms with van der Waals surface area (Å²) in [4.78, 5) is 32.2. The second kappa shape index (κ2) is 15.1. The summed E-state index contributed by atoms with van der Waals surface area (Å²) in [5.74, 6) is 3.81. The molecule has 2 amide bonds. The molecule has 0 bridgehead atoms. The highest BCUT2D eigenvalue weighted by Gasteiger charge is 2.57. The lowest BCUT2D eigenvalue weighted by Gasteiger charge is -2.59. The highest BCUT2D eigenvalue weighted by atomic mass is 32.2. The molecule has 0 radical (unpaired) electrons. The van der Waals surface area contributed by atoms with E-state index in [1.807, 2.05) is 6.07 Å². The Morgan fingerprint density at radius 2 is 1.76 bits per heavy atom. The van der Waals surface area contributed by atoms with Gasteiger partial charge in [0.25, 0.3) is 5.91 Å². The van der Waals surface area contributed by atoms with Gasteiger partial charge >= 0.3 is 6.09 Å². The quantitative estimate of drug-likeness (QED) is 0.356. The lowest BCUT2D eigenvalue weighted by molar-refractivity contribution is -0.128. The number of ether oxygens (including phenoxy) is 1. The zero-order valence-electron chi connectivity index (χ0n) is 30.9. The van der Waals surface area contributed by atoms with Gasteiger partial charge in [-0.2, -0.15) is 5.26 Å². The zero-order valence-corrected chi connectivity index (χ0v) is 31.7. The van der Waals surface area contributed by atoms with Crippen LogP contribution in [-0.2, 0) is 24.9 Å². The van der Waals surface area contributed by atoms with Crippen LogP contribution in [0.25, 0.3) is 0 Å². The van der Waals surface area contributed by atoms with Crippen molar-refractivity contribution >= 4 is 27.5 Å². The van der Waals surface area contributed by atoms with Crippen LogP contribution < -0.4 is 10.2 Å². The number of hydrogen-bond donors (Lipinski definition) is 1. The fraction of sp³-hybridized carbons (Fsp3) is 0.575. The van der Waals surface area contributed by atoms with Gasteiger partial charge in [0.2, 0.25) is 0 Å². The van der Waals surface area contributed by atoms with Crippen LogP contribution in [0.5, 0.6) is 0 Å². The lowest BCUT2D eigenvalue weighted by Crippen LogP contribution is -2.65. The van der Waals surface area contributed by atoms with E-state index in [9.17, 15) is 27.7 Å². The predicted molar refractivity (Wildman–Crippen MR) is 198 cm³/mol. The van der Waals surface area contributed by atoms with Gasteiger partial charge in [0.1, 0.15) is 22.3 Å². The van der Waals surface area contributed by atoms with Crippen LogP contribution >= 0.6 is 0 Å². The number of anilines is 1. The number of nitrogens with zero attached hydrogens (tertiary/aromatic N) is 5. The standard InChI is InChI=1S/C40H48F2N6O5S/c1-3-7-37(49)46-22-32(23-46)54(51,52)31-12-13-36(34(42)21-31)47-26-39(24-43,27-47)25-45-18-14-28(15-19-45)40(48-16-6-17-48,29-8-4-9-30(41)20-29)33-10-5-11-35(33)44-38(50)53-2/h4,8-9,12-13,20-21,28,32-33,35H,5-6,10-11,14-19,22-23,25-27H2,1-2H3,(H,44,50)/t33-,35-,40?/m0/s1. The number of nitrogens with one attached hydrogen (secondary N) is 1. The third-order valence-corrected chi connectivity index (χ3v) is 14.7. The number of carbonyl (C=O) groups is 2. The highest BCUT2D eigenvalue weighted by molar-refractivity contribution is 7.92. The number of benzene rings is 2. The molecule has 2 aromatic rings. The van der Waals surface area contributed by atoms with Crippen LogP contribution in [0.2, 0.25) is 0 Å². The number of methoxy groups -OCH3 is 1. The fourth-order valence-corrected chi connectivity index (χ4v) is 11.5. The molecule has 5 aliphatic rings. The Morgan fingerprint density at radius 3 is 2.37 bits per heavy atom. The Hall–Kier alpha value is -4.24. The SMILES string of the molecule is CC#CC(=O)N1CC(S(=O)(=O)c2ccc(N3CC(C#N)(CN4CCC(C(c5cccc(F)c5)([C@H]5CCC[C@@H]5NC(=O)OC)N5CCC5)CC4)C3)c(F)c2)C1. The Bertz CT molecular complexity index is 1970. The van der Waals surface area contributed by atoms with Crippen molar-refractivity contribution in [1.29, 1.82) is 5.26 Å². The van der Waals surface area contributed by atoms with Crippen molar-refractivity contribution in [2.24, 2.45) is 17.3 Å². The summed E-state index contributed by atoms with van der Waals surface area (Å²) in [5.41, 5.74) is 0.0272. The van der Waals surface area contributed by atoms with Crippen molar-refractivity contribution in [2.45, 2.75) is 67.2 Å². The lowest BCUT2D eigenvalue weighted by atomic mass is 9.62. The predicted octanol–water partition coefficient (Wildman–Crippen LogP) is 4.14. The average Bonchev–Trinajstić information content (AvgIpc) is 3.55. The first kappa shape index (κ1) is 38.1. The van der Waals surface area contributed by atoms with Crippen LogP contribution in [0.3, 0.4) is 0 Å². The Balaban J connectivity index is 1.02. The Kier molecular flexibility index (Phi) is 10.7. The minimum Gasteiger partial charge on any atom is -0.453 e. The molecule has 0 aromatic heterocycles. The second-order valence-corrected chi connectivity index (χ2v) is 17.8. The number of carbonyl (C=O) groups excluding carboxylic acids is 2. The first-order chi connectivity index (χ1) is 25.9. The average molecular weight is 763 g/mol. The monoisotopic (exact) mass is 762 g/mol. The first-order valence-corrected chi connectivity index (χ1v) is 20.5. The molecule has 2 aromatic carbocycles. The molecule has 1 saturated carbocycles. The summed E-state index contributed by atoms with van der Waals surface area (Å²) in [7, 11) is -2.47. The van der Waals surface area contributed by atoms with Crippen LogP contribution in [0.1, 0.15) is 51.0 Å². The molecule has 4 aliphatic heterocycles. The van der Waals surface area contributed by atoms with E-state index in [1.54, 1.807) is 17.0 Å². The number of rotatable bonds is 10. The minimum atomic E-state index is -3.84. The van der Waals surface area contributed by atoms with E-state index >= 15 is 4.39 Å². The van der Waals surface area contributed by atoms with Crippen molar-refractivity contribution in [3.05, 3.63) is 59.7 Å². The molecule has 288 valence electrons. The summed E-state index contributed by atoms with van der Waals surface area (Å²) < 4.78 is 61.8. The number of sulfone groups is 1. The van der Waals surface area contributed by atoms with E-state index in [-0.39, 0.29) is 47.4 Å². The summed E-state index contributed by atoms with van der Waals surface area (Å²) in [5, 5.41) is 12.7. The normalized spacial score (nSPS) is 24.5. The van der Waals surface area contributed by atoms with E-state index in [4.69, 9.17) is 4.74 Å². The molecule has 14 heteroatoms. The summed E-state index contributed by atoms with van der Waals surface area (Å²) in [6.45, 7) is 6.03. The van der Waals surface area contributed by atoms with Gasteiger partial charge in [-0.3, -0.25) is 9.69 Å². The molecule has 11 nitrogen and oxygen atoms in total. The molecule has 0 spiro atoms. The maximum atomic E-state index is 15.5. The number of amides is 2. The zero-order chi connectivity index (χ0) is 38.3. The smallest absolute Gasteiger partial charge is 0.407 e. The number of nitriles is 1. The molecule has 4 heterocycles. The number of halogens is 2. The highest BCUT2D eigenvalue weighted by Crippen LogP contribution is 2.54. The molecule has 7 rings (SSSR count). The number of likely N-dealkylation sites (tertiary alicyclic amines) is 3. The van der Waals surface area contributed by atoms with Crippen molar-refractivity contribution in [3.8, 4) is 17.9 Å². The van der Waals surface area contributed by atoms with E-state index < -0.39 is 43.9 Å². The molecule has 3 atom stereocenters. The van der Waals surface area contributed by atoms with E-state index in [1.165, 1.54) is 37.1 Å². The number of alkyl carbamates (subject to hydrolysis) is 1. The van der Waals surface area contributed by atoms with Crippen LogP contribution in [-0.4, -0.2) is 112 Å². The fourth-order valence-electron chi connectivity index (χ4n) is 9.84. The van der Waals surface area contributed by atoms with Crippen LogP contribution in [0.4, 0.5) is 19.3 Å². The van der Waals surface area contributed by atoms with Crippen LogP contribution in [0.15, 0.2) is 47.4 Å². The molecule has 5 fully saturated rings. The first-order valence-electron chi connectivity index (χ1n) is 18.9. The Morgan fingerprint density at radius 1 is 1.02 bits per heavy atom. The van der Waals surface area contributed by atoms with E-state index in [2.05, 4.69) is 33.0 Å². The topological polar surface area (TPSA) is 126 Å². The number of piperidine rings is 1. The van der Waals surface area contributed by atoms with Crippen molar-refractivity contribution < 1.29 is 31.5 Å². The molecular formula is C40H48F2N6O5S. The summed E-state index contributed by atoms with van der Waals surface area (Å²) in [6.07, 6.45) is 4.99. The van der Waals surface area contributed by atoms with Crippen molar-refractivity contribution in [2.75, 3.05) is 70.9 Å². The molecular weight excluding hydrogens is 715 g/mol. The molecule has 1 unspecified atom stereocenters. The molecule has 4 saturated heterocycles. The van der Waals surface area contributed by atoms with E-state index in [0.29, 0.717) is 19.6 Å². The van der Waals surface area contributed by atoms with Crippen molar-refractivity contribution in [3.63, 3.8) is 0 Å². The number of hydrogen-bond acceptors (Lipinski definition) is 9. The van der Waals surface area contributed by atoms with E-state index in [0.717, 1.165) is 76.3 Å². The van der Waals surface area contributed by atoms with Gasteiger partial charge < -0.3 is 24.8 Å².